The van der Waals surface area contributed by atoms with Gasteiger partial charge in [0.1, 0.15) is 5.92 Å². The van der Waals surface area contributed by atoms with Crippen LogP contribution < -0.4 is 25.0 Å². The molecule has 2 aliphatic heterocycles. The van der Waals surface area contributed by atoms with E-state index in [0.29, 0.717) is 33.5 Å². The number of benzene rings is 3. The number of urea groups is 1. The van der Waals surface area contributed by atoms with E-state index in [9.17, 15) is 9.59 Å². The van der Waals surface area contributed by atoms with Crippen molar-refractivity contribution in [3.63, 3.8) is 0 Å². The molecular formula is C27H26ClN3O4. The molecular weight excluding hydrogens is 466 g/mol. The van der Waals surface area contributed by atoms with Crippen LogP contribution in [0.5, 0.6) is 11.5 Å². The molecule has 3 atom stereocenters. The van der Waals surface area contributed by atoms with Crippen molar-refractivity contribution in [2.75, 3.05) is 17.3 Å². The average molecular weight is 492 g/mol. The summed E-state index contributed by atoms with van der Waals surface area (Å²) in [6.45, 7) is 5.70. The Morgan fingerprint density at radius 2 is 1.91 bits per heavy atom. The van der Waals surface area contributed by atoms with Gasteiger partial charge in [0.25, 0.3) is 0 Å². The highest BCUT2D eigenvalue weighted by molar-refractivity contribution is 6.31. The molecule has 0 unspecified atom stereocenters. The van der Waals surface area contributed by atoms with Crippen molar-refractivity contribution in [1.29, 1.82) is 0 Å². The third-order valence-electron chi connectivity index (χ3n) is 6.70. The molecule has 5 rings (SSSR count). The van der Waals surface area contributed by atoms with Gasteiger partial charge in [0, 0.05) is 16.3 Å². The standard InChI is InChI=1S/C27H26ClN3O4/c1-15-11-12-20(16(2)13-15)29-25(32)22-23-19-9-6-10-21(34-4)24(19)35-27(22,3)31(26(33)30-23)18-8-5-7-17(28)14-18/h5-14,22-23H,1-4H3,(H,29,32)(H,30,33)/t22-,23+,27+/m1/s1. The van der Waals surface area contributed by atoms with Crippen molar-refractivity contribution in [2.24, 2.45) is 5.92 Å². The molecule has 3 amide bonds. The van der Waals surface area contributed by atoms with Crippen LogP contribution in [0.15, 0.2) is 60.7 Å². The SMILES string of the molecule is COc1cccc2c1O[C@@]1(C)[C@@H](C(=O)Nc3ccc(C)cc3C)[C@H]2NC(=O)N1c1cccc(Cl)c1. The number of aryl methyl sites for hydroxylation is 2. The summed E-state index contributed by atoms with van der Waals surface area (Å²) in [5, 5.41) is 6.56. The molecule has 0 spiro atoms. The normalized spacial score (nSPS) is 22.5. The number of rotatable bonds is 4. The minimum atomic E-state index is -1.37. The number of anilines is 2. The Morgan fingerprint density at radius 1 is 1.14 bits per heavy atom. The van der Waals surface area contributed by atoms with Gasteiger partial charge in [-0.05, 0) is 56.7 Å². The lowest BCUT2D eigenvalue weighted by molar-refractivity contribution is -0.131. The number of fused-ring (bicyclic) bond motifs is 4. The lowest BCUT2D eigenvalue weighted by Gasteiger charge is -2.54. The van der Waals surface area contributed by atoms with Gasteiger partial charge in [-0.3, -0.25) is 9.69 Å². The smallest absolute Gasteiger partial charge is 0.325 e. The number of carbonyl (C=O) groups is 2. The van der Waals surface area contributed by atoms with Crippen LogP contribution in [0.2, 0.25) is 5.02 Å². The first kappa shape index (κ1) is 23.1. The van der Waals surface area contributed by atoms with Crippen molar-refractivity contribution in [3.8, 4) is 11.5 Å². The van der Waals surface area contributed by atoms with Crippen LogP contribution in [0, 0.1) is 19.8 Å². The molecule has 0 radical (unpaired) electrons. The Bertz CT molecular complexity index is 1340. The molecule has 2 heterocycles. The fourth-order valence-corrected chi connectivity index (χ4v) is 5.28. The van der Waals surface area contributed by atoms with Crippen molar-refractivity contribution >= 4 is 34.9 Å². The second-order valence-electron chi connectivity index (χ2n) is 9.06. The van der Waals surface area contributed by atoms with E-state index in [0.717, 1.165) is 11.1 Å². The first-order chi connectivity index (χ1) is 16.7. The summed E-state index contributed by atoms with van der Waals surface area (Å²) in [5.41, 5.74) is 2.58. The summed E-state index contributed by atoms with van der Waals surface area (Å²) in [6, 6.07) is 17.2. The van der Waals surface area contributed by atoms with Gasteiger partial charge in [0.2, 0.25) is 11.6 Å². The quantitative estimate of drug-likeness (QED) is 0.498. The number of amides is 3. The fraction of sp³-hybridized carbons (Fsp3) is 0.259. The number of hydrogen-bond acceptors (Lipinski definition) is 4. The van der Waals surface area contributed by atoms with Crippen LogP contribution in [-0.2, 0) is 4.79 Å². The van der Waals surface area contributed by atoms with E-state index in [1.165, 1.54) is 4.90 Å². The van der Waals surface area contributed by atoms with Crippen LogP contribution in [0.4, 0.5) is 16.2 Å². The summed E-state index contributed by atoms with van der Waals surface area (Å²) in [7, 11) is 1.56. The minimum Gasteiger partial charge on any atom is -0.493 e. The third kappa shape index (κ3) is 3.76. The molecule has 2 N–H and O–H groups in total. The molecule has 0 saturated carbocycles. The summed E-state index contributed by atoms with van der Waals surface area (Å²) >= 11 is 6.26. The predicted octanol–water partition coefficient (Wildman–Crippen LogP) is 5.60. The Morgan fingerprint density at radius 3 is 2.63 bits per heavy atom. The zero-order chi connectivity index (χ0) is 24.9. The van der Waals surface area contributed by atoms with E-state index in [1.54, 1.807) is 44.4 Å². The first-order valence-corrected chi connectivity index (χ1v) is 11.7. The maximum Gasteiger partial charge on any atom is 0.325 e. The van der Waals surface area contributed by atoms with E-state index in [-0.39, 0.29) is 11.9 Å². The van der Waals surface area contributed by atoms with Gasteiger partial charge in [-0.25, -0.2) is 4.79 Å². The van der Waals surface area contributed by atoms with Gasteiger partial charge < -0.3 is 20.1 Å². The number of para-hydroxylation sites is 1. The molecule has 2 aliphatic rings. The van der Waals surface area contributed by atoms with Crippen LogP contribution >= 0.6 is 11.6 Å². The van der Waals surface area contributed by atoms with Gasteiger partial charge in [-0.2, -0.15) is 0 Å². The highest BCUT2D eigenvalue weighted by Crippen LogP contribution is 2.52. The zero-order valence-electron chi connectivity index (χ0n) is 19.9. The van der Waals surface area contributed by atoms with Gasteiger partial charge in [0.15, 0.2) is 11.5 Å². The highest BCUT2D eigenvalue weighted by Gasteiger charge is 2.60. The Kier molecular flexibility index (Phi) is 5.60. The molecule has 7 nitrogen and oxygen atoms in total. The summed E-state index contributed by atoms with van der Waals surface area (Å²) < 4.78 is 12.1. The largest absolute Gasteiger partial charge is 0.493 e. The summed E-state index contributed by atoms with van der Waals surface area (Å²) in [6.07, 6.45) is 0. The van der Waals surface area contributed by atoms with Crippen molar-refractivity contribution < 1.29 is 19.1 Å². The van der Waals surface area contributed by atoms with Crippen LogP contribution in [0.3, 0.4) is 0 Å². The number of methoxy groups -OCH3 is 1. The van der Waals surface area contributed by atoms with Crippen LogP contribution in [0.1, 0.15) is 29.7 Å². The molecule has 3 aromatic carbocycles. The van der Waals surface area contributed by atoms with Gasteiger partial charge in [-0.1, -0.05) is 47.5 Å². The van der Waals surface area contributed by atoms with Gasteiger partial charge >= 0.3 is 6.03 Å². The molecule has 35 heavy (non-hydrogen) atoms. The number of ether oxygens (including phenoxy) is 2. The van der Waals surface area contributed by atoms with E-state index < -0.39 is 17.7 Å². The molecule has 0 aliphatic carbocycles. The number of nitrogens with one attached hydrogen (secondary N) is 2. The Labute approximate surface area is 209 Å². The number of hydrogen-bond donors (Lipinski definition) is 2. The molecule has 180 valence electrons. The predicted molar refractivity (Wildman–Crippen MR) is 135 cm³/mol. The maximum atomic E-state index is 13.9. The molecule has 1 fully saturated rings. The average Bonchev–Trinajstić information content (AvgIpc) is 2.80. The van der Waals surface area contributed by atoms with Gasteiger partial charge in [-0.15, -0.1) is 0 Å². The Hall–Kier alpha value is -3.71. The van der Waals surface area contributed by atoms with Gasteiger partial charge in [0.05, 0.1) is 18.8 Å². The second-order valence-corrected chi connectivity index (χ2v) is 9.50. The topological polar surface area (TPSA) is 79.9 Å². The lowest BCUT2D eigenvalue weighted by atomic mass is 9.78. The second kappa shape index (κ2) is 8.50. The third-order valence-corrected chi connectivity index (χ3v) is 6.93. The minimum absolute atomic E-state index is 0.273. The van der Waals surface area contributed by atoms with Crippen molar-refractivity contribution in [3.05, 3.63) is 82.4 Å². The molecule has 0 aromatic heterocycles. The fourth-order valence-electron chi connectivity index (χ4n) is 5.10. The number of halogens is 1. The summed E-state index contributed by atoms with van der Waals surface area (Å²) in [5.74, 6) is -0.0521. The first-order valence-electron chi connectivity index (χ1n) is 11.3. The molecule has 2 bridgehead atoms. The number of carbonyl (C=O) groups excluding carboxylic acids is 2. The maximum absolute atomic E-state index is 13.9. The monoisotopic (exact) mass is 491 g/mol. The van der Waals surface area contributed by atoms with E-state index in [2.05, 4.69) is 10.6 Å². The highest BCUT2D eigenvalue weighted by atomic mass is 35.5. The zero-order valence-corrected chi connectivity index (χ0v) is 20.6. The molecule has 3 aromatic rings. The van der Waals surface area contributed by atoms with E-state index in [1.807, 2.05) is 44.2 Å². The molecule has 8 heteroatoms. The Balaban J connectivity index is 1.65. The van der Waals surface area contributed by atoms with Crippen LogP contribution in [0.25, 0.3) is 0 Å². The van der Waals surface area contributed by atoms with Crippen molar-refractivity contribution in [1.82, 2.24) is 5.32 Å². The number of nitrogens with zero attached hydrogens (tertiary/aromatic N) is 1. The lowest BCUT2D eigenvalue weighted by Crippen LogP contribution is -2.72. The van der Waals surface area contributed by atoms with E-state index in [4.69, 9.17) is 21.1 Å². The summed E-state index contributed by atoms with van der Waals surface area (Å²) in [4.78, 5) is 28.8. The van der Waals surface area contributed by atoms with Crippen LogP contribution in [-0.4, -0.2) is 24.8 Å². The van der Waals surface area contributed by atoms with Crippen molar-refractivity contribution in [2.45, 2.75) is 32.5 Å². The van der Waals surface area contributed by atoms with E-state index >= 15 is 0 Å². The molecule has 1 saturated heterocycles.